The summed E-state index contributed by atoms with van der Waals surface area (Å²) in [4.78, 5) is 19.5. The number of nitrogens with zero attached hydrogens (tertiary/aromatic N) is 2. The maximum Gasteiger partial charge on any atom is 0.243 e. The summed E-state index contributed by atoms with van der Waals surface area (Å²) in [6.45, 7) is 8.26. The van der Waals surface area contributed by atoms with Crippen LogP contribution in [0.25, 0.3) is 10.6 Å². The van der Waals surface area contributed by atoms with Gasteiger partial charge >= 0.3 is 0 Å². The van der Waals surface area contributed by atoms with E-state index in [-0.39, 0.29) is 24.0 Å². The van der Waals surface area contributed by atoms with Gasteiger partial charge in [0, 0.05) is 29.4 Å². The van der Waals surface area contributed by atoms with Crippen LogP contribution in [-0.2, 0) is 11.2 Å². The second kappa shape index (κ2) is 6.01. The molecule has 6 heteroatoms. The molecule has 1 N–H and O–H groups in total. The highest BCUT2D eigenvalue weighted by Crippen LogP contribution is 2.42. The molecule has 2 aromatic rings. The molecule has 0 bridgehead atoms. The van der Waals surface area contributed by atoms with Crippen LogP contribution in [-0.4, -0.2) is 29.0 Å². The van der Waals surface area contributed by atoms with Gasteiger partial charge in [0.25, 0.3) is 0 Å². The number of hydrogen-bond acceptors (Lipinski definition) is 5. The number of thiophene rings is 1. The lowest BCUT2D eigenvalue weighted by Gasteiger charge is -2.30. The fourth-order valence-electron chi connectivity index (χ4n) is 2.81. The summed E-state index contributed by atoms with van der Waals surface area (Å²) in [6.07, 6.45) is 0.701. The minimum atomic E-state index is -0.132. The van der Waals surface area contributed by atoms with Crippen molar-refractivity contribution in [1.82, 2.24) is 10.3 Å². The largest absolute Gasteiger partial charge is 0.352 e. The first-order chi connectivity index (χ1) is 10.5. The van der Waals surface area contributed by atoms with Crippen molar-refractivity contribution in [3.05, 3.63) is 22.5 Å². The third-order valence-electron chi connectivity index (χ3n) is 3.69. The zero-order valence-corrected chi connectivity index (χ0v) is 14.9. The van der Waals surface area contributed by atoms with Crippen molar-refractivity contribution in [2.24, 2.45) is 0 Å². The van der Waals surface area contributed by atoms with Crippen molar-refractivity contribution in [3.8, 4) is 10.6 Å². The molecule has 1 amide bonds. The highest BCUT2D eigenvalue weighted by molar-refractivity contribution is 7.19. The summed E-state index contributed by atoms with van der Waals surface area (Å²) < 4.78 is 0. The smallest absolute Gasteiger partial charge is 0.243 e. The van der Waals surface area contributed by atoms with Crippen molar-refractivity contribution >= 4 is 33.6 Å². The summed E-state index contributed by atoms with van der Waals surface area (Å²) >= 11 is 3.38. The van der Waals surface area contributed by atoms with E-state index < -0.39 is 0 Å². The Labute approximate surface area is 139 Å². The summed E-state index contributed by atoms with van der Waals surface area (Å²) in [5, 5.41) is 9.43. The minimum Gasteiger partial charge on any atom is -0.352 e. The van der Waals surface area contributed by atoms with Crippen LogP contribution in [0, 0.1) is 0 Å². The first-order valence-electron chi connectivity index (χ1n) is 7.58. The van der Waals surface area contributed by atoms with Gasteiger partial charge in [-0.2, -0.15) is 11.3 Å². The van der Waals surface area contributed by atoms with Crippen LogP contribution in [0.5, 0.6) is 0 Å². The van der Waals surface area contributed by atoms with E-state index in [9.17, 15) is 4.79 Å². The Morgan fingerprint density at radius 1 is 1.41 bits per heavy atom. The Morgan fingerprint density at radius 3 is 2.77 bits per heavy atom. The van der Waals surface area contributed by atoms with E-state index in [2.05, 4.69) is 40.9 Å². The predicted molar refractivity (Wildman–Crippen MR) is 93.8 cm³/mol. The molecule has 0 spiro atoms. The molecule has 0 saturated heterocycles. The van der Waals surface area contributed by atoms with Crippen LogP contribution in [0.2, 0.25) is 0 Å². The zero-order valence-electron chi connectivity index (χ0n) is 13.3. The van der Waals surface area contributed by atoms with E-state index in [0.29, 0.717) is 6.42 Å². The zero-order chi connectivity index (χ0) is 15.9. The lowest BCUT2D eigenvalue weighted by Crippen LogP contribution is -2.49. The highest BCUT2D eigenvalue weighted by Gasteiger charge is 2.39. The van der Waals surface area contributed by atoms with E-state index in [4.69, 9.17) is 4.98 Å². The average Bonchev–Trinajstić information content (AvgIpc) is 3.11. The van der Waals surface area contributed by atoms with Crippen molar-refractivity contribution in [2.75, 3.05) is 4.90 Å². The average molecular weight is 335 g/mol. The topological polar surface area (TPSA) is 45.2 Å². The van der Waals surface area contributed by atoms with Gasteiger partial charge < -0.3 is 10.2 Å². The van der Waals surface area contributed by atoms with Crippen molar-refractivity contribution in [3.63, 3.8) is 0 Å². The van der Waals surface area contributed by atoms with Crippen LogP contribution in [0.1, 0.15) is 33.4 Å². The number of anilines is 1. The molecule has 0 saturated carbocycles. The van der Waals surface area contributed by atoms with Crippen LogP contribution in [0.3, 0.4) is 0 Å². The normalized spacial score (nSPS) is 17.4. The SMILES string of the molecule is CC(C)NC(=O)[C@@H]1Cc2nc(-c3ccsc3)sc2N1C(C)C. The first-order valence-corrected chi connectivity index (χ1v) is 9.34. The number of fused-ring (bicyclic) bond motifs is 1. The van der Waals surface area contributed by atoms with Crippen LogP contribution in [0.15, 0.2) is 16.8 Å². The first kappa shape index (κ1) is 15.5. The molecular weight excluding hydrogens is 314 g/mol. The number of hydrogen-bond donors (Lipinski definition) is 1. The maximum absolute atomic E-state index is 12.5. The molecule has 1 aliphatic heterocycles. The van der Waals surface area contributed by atoms with Crippen LogP contribution in [0.4, 0.5) is 5.00 Å². The molecule has 0 unspecified atom stereocenters. The Bertz CT molecular complexity index is 661. The minimum absolute atomic E-state index is 0.103. The van der Waals surface area contributed by atoms with Gasteiger partial charge in [0.1, 0.15) is 16.1 Å². The number of carbonyl (C=O) groups is 1. The Hall–Kier alpha value is -1.40. The molecule has 0 aliphatic carbocycles. The standard InChI is InChI=1S/C16H21N3OS2/c1-9(2)17-14(20)13-7-12-16(19(13)10(3)4)22-15(18-12)11-5-6-21-8-11/h5-6,8-10,13H,7H2,1-4H3,(H,17,20)/t13-/m0/s1. The molecule has 0 fully saturated rings. The quantitative estimate of drug-likeness (QED) is 0.929. The Balaban J connectivity index is 1.89. The van der Waals surface area contributed by atoms with Gasteiger partial charge in [0.15, 0.2) is 0 Å². The van der Waals surface area contributed by atoms with E-state index in [0.717, 1.165) is 15.7 Å². The molecule has 1 atom stereocenters. The van der Waals surface area contributed by atoms with Crippen molar-refractivity contribution < 1.29 is 4.79 Å². The summed E-state index contributed by atoms with van der Waals surface area (Å²) in [7, 11) is 0. The Morgan fingerprint density at radius 2 is 2.18 bits per heavy atom. The summed E-state index contributed by atoms with van der Waals surface area (Å²) in [5.41, 5.74) is 2.24. The molecule has 0 radical (unpaired) electrons. The van der Waals surface area contributed by atoms with Gasteiger partial charge in [-0.1, -0.05) is 11.3 Å². The number of carbonyl (C=O) groups excluding carboxylic acids is 1. The van der Waals surface area contributed by atoms with Gasteiger partial charge in [-0.15, -0.1) is 0 Å². The Kier molecular flexibility index (Phi) is 4.23. The van der Waals surface area contributed by atoms with Gasteiger partial charge in [-0.3, -0.25) is 4.79 Å². The lowest BCUT2D eigenvalue weighted by atomic mass is 10.1. The lowest BCUT2D eigenvalue weighted by molar-refractivity contribution is -0.122. The number of thiazole rings is 1. The van der Waals surface area contributed by atoms with E-state index in [1.807, 2.05) is 13.8 Å². The fourth-order valence-corrected chi connectivity index (χ4v) is 4.79. The van der Waals surface area contributed by atoms with Crippen molar-refractivity contribution in [2.45, 2.75) is 52.2 Å². The predicted octanol–water partition coefficient (Wildman–Crippen LogP) is 3.54. The molecule has 3 rings (SSSR count). The van der Waals surface area contributed by atoms with Gasteiger partial charge in [0.2, 0.25) is 5.91 Å². The number of nitrogens with one attached hydrogen (secondary N) is 1. The highest BCUT2D eigenvalue weighted by atomic mass is 32.1. The number of amides is 1. The van der Waals surface area contributed by atoms with Gasteiger partial charge in [-0.25, -0.2) is 4.98 Å². The fraction of sp³-hybridized carbons (Fsp3) is 0.500. The van der Waals surface area contributed by atoms with E-state index >= 15 is 0 Å². The summed E-state index contributed by atoms with van der Waals surface area (Å²) in [6, 6.07) is 2.41. The van der Waals surface area contributed by atoms with E-state index in [1.54, 1.807) is 22.7 Å². The van der Waals surface area contributed by atoms with Gasteiger partial charge in [-0.05, 0) is 39.1 Å². The molecule has 118 valence electrons. The molecule has 1 aliphatic rings. The second-order valence-electron chi connectivity index (χ2n) is 6.17. The molecule has 4 nitrogen and oxygen atoms in total. The number of rotatable bonds is 4. The number of aromatic nitrogens is 1. The van der Waals surface area contributed by atoms with Gasteiger partial charge in [0.05, 0.1) is 5.69 Å². The third kappa shape index (κ3) is 2.77. The monoisotopic (exact) mass is 335 g/mol. The second-order valence-corrected chi connectivity index (χ2v) is 7.92. The molecule has 22 heavy (non-hydrogen) atoms. The molecule has 3 heterocycles. The third-order valence-corrected chi connectivity index (χ3v) is 5.54. The van der Waals surface area contributed by atoms with Crippen LogP contribution < -0.4 is 10.2 Å². The van der Waals surface area contributed by atoms with Crippen molar-refractivity contribution in [1.29, 1.82) is 0 Å². The van der Waals surface area contributed by atoms with E-state index in [1.165, 1.54) is 5.56 Å². The molecule has 2 aromatic heterocycles. The molecule has 0 aromatic carbocycles. The van der Waals surface area contributed by atoms with Crippen LogP contribution >= 0.6 is 22.7 Å². The summed E-state index contributed by atoms with van der Waals surface area (Å²) in [5.74, 6) is 0.103. The molecular formula is C16H21N3OS2. The maximum atomic E-state index is 12.5.